The Morgan fingerprint density at radius 3 is 1.84 bits per heavy atom. The van der Waals surface area contributed by atoms with E-state index in [9.17, 15) is 28.8 Å². The van der Waals surface area contributed by atoms with Crippen molar-refractivity contribution >= 4 is 88.3 Å². The number of nitrogens with one attached hydrogen (secondary N) is 4. The lowest BCUT2D eigenvalue weighted by atomic mass is 10.1. The number of carbonyl (C=O) groups excluding carboxylic acids is 4. The summed E-state index contributed by atoms with van der Waals surface area (Å²) in [5.41, 5.74) is 11.6. The monoisotopic (exact) mass is 1160 g/mol. The van der Waals surface area contributed by atoms with Crippen LogP contribution in [-0.4, -0.2) is 157 Å². The molecule has 1 aromatic carbocycles. The molecule has 0 spiro atoms. The van der Waals surface area contributed by atoms with Crippen LogP contribution in [0.15, 0.2) is 55.0 Å². The fraction of sp³-hybridized carbons (Fsp3) is 0.529. The van der Waals surface area contributed by atoms with E-state index in [0.717, 1.165) is 17.7 Å². The highest BCUT2D eigenvalue weighted by molar-refractivity contribution is 6.31. The van der Waals surface area contributed by atoms with E-state index in [2.05, 4.69) is 51.2 Å². The van der Waals surface area contributed by atoms with Crippen molar-refractivity contribution in [2.24, 2.45) is 11.5 Å². The van der Waals surface area contributed by atoms with Crippen molar-refractivity contribution < 1.29 is 53.2 Å². The highest BCUT2D eigenvalue weighted by atomic mass is 35.5. The number of anilines is 3. The molecule has 0 fully saturated rings. The summed E-state index contributed by atoms with van der Waals surface area (Å²) in [6.07, 6.45) is 6.56. The van der Waals surface area contributed by atoms with E-state index in [1.807, 2.05) is 26.0 Å². The first-order valence-electron chi connectivity index (χ1n) is 25.1. The molecule has 5 rings (SSSR count). The molecule has 1 aliphatic rings. The summed E-state index contributed by atoms with van der Waals surface area (Å²) in [6.45, 7) is 16.1. The maximum absolute atomic E-state index is 13.5. The van der Waals surface area contributed by atoms with Crippen LogP contribution in [0.5, 0.6) is 5.75 Å². The van der Waals surface area contributed by atoms with Gasteiger partial charge in [0.1, 0.15) is 45.8 Å². The molecule has 0 saturated heterocycles. The van der Waals surface area contributed by atoms with Crippen LogP contribution in [0, 0.1) is 0 Å². The van der Waals surface area contributed by atoms with Crippen molar-refractivity contribution in [3.8, 4) is 5.75 Å². The normalized spacial score (nSPS) is 12.6. The molecule has 79 heavy (non-hydrogen) atoms. The first-order chi connectivity index (χ1) is 37.0. The standard InChI is InChI=1S/C23H32N6O3.C14H21ClN4O4.C10H20N2O4.C4H2Cl2N2/c1-15(2)26-23-25-11-9-20(27-23)29(12-5-6-18(24)22(31)28(3)4)21(30)17-7-8-19-16(14-17)10-13-32-19;1-14(2,3)23-13(22)18-9(11(20)21)5-4-7-16-10-6-8-17-12(15)19-10;1-10(2,3)16-9(15)12-7(8(13)14)5-4-6-11;5-3-1-2-7-4(6)8-3/h7-9,11,14-15,18H,5-6,10,12-13,24H2,1-4H3,(H,25,26,27);6,8-9H,4-5,7H2,1-3H3,(H,18,22)(H,20,21)(H,16,17,19);7H,4-6,11H2,1-3H3,(H,12,15)(H,13,14);1-2H/t18-;9-;7-;/m000./s1. The minimum Gasteiger partial charge on any atom is -0.493 e. The lowest BCUT2D eigenvalue weighted by molar-refractivity contribution is -0.140. The number of aliphatic carboxylic acids is 2. The largest absolute Gasteiger partial charge is 0.493 e. The summed E-state index contributed by atoms with van der Waals surface area (Å²) in [6, 6.07) is 8.01. The van der Waals surface area contributed by atoms with E-state index in [4.69, 9.17) is 70.7 Å². The number of fused-ring (bicyclic) bond motifs is 1. The van der Waals surface area contributed by atoms with Crippen LogP contribution in [0.2, 0.25) is 15.7 Å². The first-order valence-corrected chi connectivity index (χ1v) is 26.3. The summed E-state index contributed by atoms with van der Waals surface area (Å²) >= 11 is 16.4. The molecule has 4 heterocycles. The van der Waals surface area contributed by atoms with Crippen LogP contribution in [0.1, 0.15) is 110 Å². The number of carbonyl (C=O) groups is 6. The Morgan fingerprint density at radius 1 is 0.759 bits per heavy atom. The molecule has 4 amide bonds. The molecule has 25 nitrogen and oxygen atoms in total. The fourth-order valence-corrected chi connectivity index (χ4v) is 7.03. The lowest BCUT2D eigenvalue weighted by Gasteiger charge is -2.24. The highest BCUT2D eigenvalue weighted by Gasteiger charge is 2.26. The van der Waals surface area contributed by atoms with Gasteiger partial charge in [-0.2, -0.15) is 4.98 Å². The Morgan fingerprint density at radius 2 is 1.33 bits per heavy atom. The number of carboxylic acid groups (broad SMARTS) is 2. The smallest absolute Gasteiger partial charge is 0.408 e. The third-order valence-corrected chi connectivity index (χ3v) is 10.6. The van der Waals surface area contributed by atoms with Crippen molar-refractivity contribution in [3.63, 3.8) is 0 Å². The molecule has 3 atom stereocenters. The maximum Gasteiger partial charge on any atom is 0.408 e. The number of alkyl carbamates (subject to hydrolysis) is 2. The average Bonchev–Trinajstić information content (AvgIpc) is 3.82. The molecule has 4 aromatic rings. The quantitative estimate of drug-likeness (QED) is 0.0240. The van der Waals surface area contributed by atoms with Gasteiger partial charge in [-0.1, -0.05) is 11.6 Å². The number of nitrogens with zero attached hydrogens (tertiary/aromatic N) is 8. The minimum absolute atomic E-state index is 0.130. The number of halogens is 3. The number of aromatic nitrogens is 6. The second-order valence-electron chi connectivity index (χ2n) is 19.8. The van der Waals surface area contributed by atoms with Crippen LogP contribution in [0.4, 0.5) is 27.2 Å². The zero-order valence-corrected chi connectivity index (χ0v) is 48.5. The number of benzene rings is 1. The maximum atomic E-state index is 13.5. The van der Waals surface area contributed by atoms with Gasteiger partial charge in [-0.15, -0.1) is 0 Å². The summed E-state index contributed by atoms with van der Waals surface area (Å²) in [5, 5.41) is 29.5. The summed E-state index contributed by atoms with van der Waals surface area (Å²) in [7, 11) is 3.36. The second kappa shape index (κ2) is 34.2. The summed E-state index contributed by atoms with van der Waals surface area (Å²) in [4.78, 5) is 97.3. The van der Waals surface area contributed by atoms with Crippen LogP contribution in [0.3, 0.4) is 0 Å². The van der Waals surface area contributed by atoms with Gasteiger partial charge in [0.15, 0.2) is 0 Å². The summed E-state index contributed by atoms with van der Waals surface area (Å²) in [5.74, 6) is -0.160. The van der Waals surface area contributed by atoms with E-state index in [0.29, 0.717) is 86.6 Å². The summed E-state index contributed by atoms with van der Waals surface area (Å²) < 4.78 is 15.6. The van der Waals surface area contributed by atoms with Crippen LogP contribution < -0.4 is 42.4 Å². The van der Waals surface area contributed by atoms with Gasteiger partial charge in [0.2, 0.25) is 22.4 Å². The molecule has 1 aliphatic heterocycles. The van der Waals surface area contributed by atoms with Crippen molar-refractivity contribution in [1.82, 2.24) is 45.4 Å². The molecule has 436 valence electrons. The van der Waals surface area contributed by atoms with Crippen molar-refractivity contribution in [1.29, 1.82) is 0 Å². The number of nitrogens with two attached hydrogens (primary N) is 2. The molecule has 10 N–H and O–H groups in total. The van der Waals surface area contributed by atoms with Crippen LogP contribution in [0.25, 0.3) is 0 Å². The Hall–Kier alpha value is -6.93. The van der Waals surface area contributed by atoms with Gasteiger partial charge in [0.05, 0.1) is 12.6 Å². The predicted molar refractivity (Wildman–Crippen MR) is 301 cm³/mol. The average molecular weight is 1170 g/mol. The zero-order chi connectivity index (χ0) is 59.5. The van der Waals surface area contributed by atoms with Gasteiger partial charge >= 0.3 is 24.1 Å². The number of carboxylic acids is 2. The molecule has 0 aliphatic carbocycles. The van der Waals surface area contributed by atoms with E-state index in [-0.39, 0.29) is 34.8 Å². The second-order valence-corrected chi connectivity index (χ2v) is 20.9. The first kappa shape index (κ1) is 68.2. The van der Waals surface area contributed by atoms with Crippen molar-refractivity contribution in [2.45, 2.75) is 136 Å². The predicted octanol–water partition coefficient (Wildman–Crippen LogP) is 6.86. The van der Waals surface area contributed by atoms with Crippen LogP contribution >= 0.6 is 34.8 Å². The topological polar surface area (TPSA) is 355 Å². The number of ether oxygens (including phenoxy) is 3. The minimum atomic E-state index is -1.11. The highest BCUT2D eigenvalue weighted by Crippen LogP contribution is 2.27. The molecule has 0 unspecified atom stereocenters. The molecule has 28 heteroatoms. The van der Waals surface area contributed by atoms with Gasteiger partial charge in [-0.25, -0.2) is 44.1 Å². The SMILES string of the molecule is CC(C)(C)OC(=O)N[C@@H](CCCN)C(=O)O.CC(C)(C)OC(=O)N[C@@H](CCCNc1ccnc(Cl)n1)C(=O)O.CC(C)Nc1nccc(N(CCC[C@H](N)C(=O)N(C)C)C(=O)c2ccc3c(c2)CCO3)n1.Clc1ccnc(Cl)n1. The number of hydrogen-bond acceptors (Lipinski definition) is 19. The van der Waals surface area contributed by atoms with Gasteiger partial charge in [0, 0.05) is 63.8 Å². The molecule has 3 aromatic heterocycles. The number of amides is 4. The van der Waals surface area contributed by atoms with E-state index in [1.54, 1.807) is 91.0 Å². The van der Waals surface area contributed by atoms with E-state index in [1.165, 1.54) is 17.3 Å². The Labute approximate surface area is 475 Å². The van der Waals surface area contributed by atoms with Gasteiger partial charge in [0.25, 0.3) is 5.91 Å². The third kappa shape index (κ3) is 28.5. The molecular weight excluding hydrogens is 1090 g/mol. The molecular formula is C51H75Cl3N14O11. The Balaban J connectivity index is 0.000000396. The molecule has 0 saturated carbocycles. The molecule has 0 radical (unpaired) electrons. The fourth-order valence-electron chi connectivity index (χ4n) is 6.55. The number of rotatable bonds is 21. The Kier molecular flexibility index (Phi) is 29.5. The van der Waals surface area contributed by atoms with Crippen molar-refractivity contribution in [3.05, 3.63) is 81.8 Å². The lowest BCUT2D eigenvalue weighted by Crippen LogP contribution is -2.43. The van der Waals surface area contributed by atoms with Crippen LogP contribution in [-0.2, 0) is 30.3 Å². The van der Waals surface area contributed by atoms with E-state index >= 15 is 0 Å². The van der Waals surface area contributed by atoms with Gasteiger partial charge < -0.3 is 62.1 Å². The zero-order valence-electron chi connectivity index (χ0n) is 46.2. The van der Waals surface area contributed by atoms with E-state index < -0.39 is 53.5 Å². The van der Waals surface area contributed by atoms with Gasteiger partial charge in [-0.05, 0) is 166 Å². The Bertz CT molecular complexity index is 2570. The third-order valence-electron chi connectivity index (χ3n) is 10.0. The number of hydrogen-bond donors (Lipinski definition) is 8. The van der Waals surface area contributed by atoms with Gasteiger partial charge in [-0.3, -0.25) is 14.5 Å². The van der Waals surface area contributed by atoms with Crippen molar-refractivity contribution in [2.75, 3.05) is 55.9 Å². The molecule has 0 bridgehead atoms. The number of likely N-dealkylation sites (N-methyl/N-ethyl adjacent to an activating group) is 1.